The zero-order valence-corrected chi connectivity index (χ0v) is 10.6. The molecule has 1 aliphatic rings. The second-order valence-corrected chi connectivity index (χ2v) is 4.83. The average Bonchev–Trinajstić information content (AvgIpc) is 2.22. The van der Waals surface area contributed by atoms with Crippen molar-refractivity contribution in [1.82, 2.24) is 0 Å². The molecular weight excluding hydrogens is 198 g/mol. The van der Waals surface area contributed by atoms with Gasteiger partial charge in [0.25, 0.3) is 0 Å². The van der Waals surface area contributed by atoms with Crippen LogP contribution in [-0.2, 0) is 0 Å². The van der Waals surface area contributed by atoms with Gasteiger partial charge in [0.1, 0.15) is 0 Å². The first-order chi connectivity index (χ1) is 7.54. The maximum atomic E-state index is 5.82. The predicted octanol–water partition coefficient (Wildman–Crippen LogP) is 1.52. The van der Waals surface area contributed by atoms with Crippen LogP contribution in [0.3, 0.4) is 0 Å². The summed E-state index contributed by atoms with van der Waals surface area (Å²) in [6.45, 7) is 6.03. The van der Waals surface area contributed by atoms with Crippen LogP contribution in [0.1, 0.15) is 11.1 Å². The number of aryl methyl sites for hydroxylation is 2. The van der Waals surface area contributed by atoms with Gasteiger partial charge in [-0.1, -0.05) is 6.07 Å². The molecule has 0 bridgehead atoms. The van der Waals surface area contributed by atoms with Crippen molar-refractivity contribution < 1.29 is 0 Å². The summed E-state index contributed by atoms with van der Waals surface area (Å²) in [6, 6.07) is 4.91. The summed E-state index contributed by atoms with van der Waals surface area (Å²) in [6.07, 6.45) is 0. The lowest BCUT2D eigenvalue weighted by atomic mass is 10.0. The van der Waals surface area contributed by atoms with Gasteiger partial charge in [0, 0.05) is 27.2 Å². The smallest absolute Gasteiger partial charge is 0.0634 e. The van der Waals surface area contributed by atoms with Crippen molar-refractivity contribution in [2.45, 2.75) is 19.9 Å². The molecule has 0 aromatic heterocycles. The maximum absolute atomic E-state index is 5.82. The Morgan fingerprint density at radius 3 is 2.62 bits per heavy atom. The number of likely N-dealkylation sites (N-methyl/N-ethyl adjacent to an activating group) is 2. The normalized spacial score (nSPS) is 19.9. The molecule has 0 amide bonds. The van der Waals surface area contributed by atoms with E-state index >= 15 is 0 Å². The molecule has 3 heteroatoms. The highest BCUT2D eigenvalue weighted by atomic mass is 15.3. The molecule has 0 saturated carbocycles. The minimum absolute atomic E-state index is 0.416. The number of benzene rings is 1. The molecule has 1 unspecified atom stereocenters. The molecule has 1 atom stereocenters. The Labute approximate surface area is 97.8 Å². The van der Waals surface area contributed by atoms with E-state index in [9.17, 15) is 0 Å². The molecule has 0 aliphatic carbocycles. The van der Waals surface area contributed by atoms with Crippen molar-refractivity contribution >= 4 is 11.4 Å². The average molecular weight is 219 g/mol. The van der Waals surface area contributed by atoms with Crippen LogP contribution in [0.5, 0.6) is 0 Å². The number of nitrogens with two attached hydrogens (primary N) is 1. The Hall–Kier alpha value is -1.22. The second-order valence-electron chi connectivity index (χ2n) is 4.83. The molecule has 1 heterocycles. The van der Waals surface area contributed by atoms with Crippen LogP contribution in [0.25, 0.3) is 0 Å². The van der Waals surface area contributed by atoms with Gasteiger partial charge in [0.2, 0.25) is 0 Å². The summed E-state index contributed by atoms with van der Waals surface area (Å²) < 4.78 is 0. The highest BCUT2D eigenvalue weighted by Crippen LogP contribution is 2.37. The predicted molar refractivity (Wildman–Crippen MR) is 70.4 cm³/mol. The number of anilines is 2. The molecule has 1 aromatic rings. The Bertz CT molecular complexity index is 400. The van der Waals surface area contributed by atoms with Crippen molar-refractivity contribution in [3.8, 4) is 0 Å². The summed E-state index contributed by atoms with van der Waals surface area (Å²) in [5, 5.41) is 0. The monoisotopic (exact) mass is 219 g/mol. The molecule has 0 radical (unpaired) electrons. The third kappa shape index (κ3) is 1.65. The van der Waals surface area contributed by atoms with Gasteiger partial charge in [-0.15, -0.1) is 0 Å². The van der Waals surface area contributed by atoms with Crippen LogP contribution in [0.4, 0.5) is 11.4 Å². The largest absolute Gasteiger partial charge is 0.371 e. The quantitative estimate of drug-likeness (QED) is 0.777. The maximum Gasteiger partial charge on any atom is 0.0634 e. The van der Waals surface area contributed by atoms with E-state index in [1.807, 2.05) is 0 Å². The molecule has 0 saturated heterocycles. The third-order valence-electron chi connectivity index (χ3n) is 3.49. The summed E-state index contributed by atoms with van der Waals surface area (Å²) in [5.74, 6) is 0. The fraction of sp³-hybridized carbons (Fsp3) is 0.538. The van der Waals surface area contributed by atoms with Gasteiger partial charge in [-0.25, -0.2) is 0 Å². The Morgan fingerprint density at radius 1 is 1.31 bits per heavy atom. The standard InChI is InChI=1S/C13H21N3/c1-9-5-10(2)13-12(6-9)15(3)8-11(7-14)16(13)4/h5-6,11H,7-8,14H2,1-4H3. The van der Waals surface area contributed by atoms with E-state index in [0.717, 1.165) is 6.54 Å². The van der Waals surface area contributed by atoms with E-state index in [1.54, 1.807) is 0 Å². The topological polar surface area (TPSA) is 32.5 Å². The van der Waals surface area contributed by atoms with Gasteiger partial charge >= 0.3 is 0 Å². The van der Waals surface area contributed by atoms with Crippen molar-refractivity contribution in [3.05, 3.63) is 23.3 Å². The van der Waals surface area contributed by atoms with Gasteiger partial charge in [-0.3, -0.25) is 0 Å². The Balaban J connectivity index is 2.54. The summed E-state index contributed by atoms with van der Waals surface area (Å²) >= 11 is 0. The minimum Gasteiger partial charge on any atom is -0.371 e. The first-order valence-electron chi connectivity index (χ1n) is 5.80. The fourth-order valence-corrected chi connectivity index (χ4v) is 2.64. The lowest BCUT2D eigenvalue weighted by Crippen LogP contribution is -2.50. The van der Waals surface area contributed by atoms with E-state index < -0.39 is 0 Å². The molecule has 2 rings (SSSR count). The SMILES string of the molecule is Cc1cc(C)c2c(c1)N(C)CC(CN)N2C. The first kappa shape index (κ1) is 11.3. The van der Waals surface area contributed by atoms with Crippen molar-refractivity contribution in [2.24, 2.45) is 5.73 Å². The van der Waals surface area contributed by atoms with E-state index in [1.165, 1.54) is 22.5 Å². The molecule has 1 aromatic carbocycles. The number of rotatable bonds is 1. The van der Waals surface area contributed by atoms with Crippen LogP contribution < -0.4 is 15.5 Å². The lowest BCUT2D eigenvalue weighted by molar-refractivity contribution is 0.608. The van der Waals surface area contributed by atoms with Crippen LogP contribution in [-0.4, -0.2) is 33.2 Å². The number of nitrogens with zero attached hydrogens (tertiary/aromatic N) is 2. The summed E-state index contributed by atoms with van der Waals surface area (Å²) in [7, 11) is 4.29. The number of hydrogen-bond acceptors (Lipinski definition) is 3. The van der Waals surface area contributed by atoms with Gasteiger partial charge in [0.15, 0.2) is 0 Å². The van der Waals surface area contributed by atoms with Crippen LogP contribution >= 0.6 is 0 Å². The first-order valence-corrected chi connectivity index (χ1v) is 5.80. The molecule has 2 N–H and O–H groups in total. The van der Waals surface area contributed by atoms with Crippen molar-refractivity contribution in [1.29, 1.82) is 0 Å². The van der Waals surface area contributed by atoms with Gasteiger partial charge in [-0.2, -0.15) is 0 Å². The molecule has 3 nitrogen and oxygen atoms in total. The number of hydrogen-bond donors (Lipinski definition) is 1. The molecular formula is C13H21N3. The van der Waals surface area contributed by atoms with Crippen molar-refractivity contribution in [2.75, 3.05) is 37.0 Å². The second kappa shape index (κ2) is 3.98. The zero-order chi connectivity index (χ0) is 11.9. The fourth-order valence-electron chi connectivity index (χ4n) is 2.64. The number of fused-ring (bicyclic) bond motifs is 1. The molecule has 0 spiro atoms. The zero-order valence-electron chi connectivity index (χ0n) is 10.6. The van der Waals surface area contributed by atoms with E-state index in [0.29, 0.717) is 12.6 Å². The highest BCUT2D eigenvalue weighted by Gasteiger charge is 2.26. The molecule has 1 aliphatic heterocycles. The van der Waals surface area contributed by atoms with E-state index in [-0.39, 0.29) is 0 Å². The third-order valence-corrected chi connectivity index (χ3v) is 3.49. The van der Waals surface area contributed by atoms with E-state index in [2.05, 4.69) is 49.9 Å². The van der Waals surface area contributed by atoms with Crippen molar-refractivity contribution in [3.63, 3.8) is 0 Å². The molecule has 88 valence electrons. The lowest BCUT2D eigenvalue weighted by Gasteiger charge is -2.42. The Morgan fingerprint density at radius 2 is 2.00 bits per heavy atom. The van der Waals surface area contributed by atoms with Gasteiger partial charge in [0.05, 0.1) is 17.4 Å². The van der Waals surface area contributed by atoms with Crippen LogP contribution in [0.2, 0.25) is 0 Å². The van der Waals surface area contributed by atoms with Crippen LogP contribution in [0.15, 0.2) is 12.1 Å². The summed E-state index contributed by atoms with van der Waals surface area (Å²) in [5.41, 5.74) is 11.1. The minimum atomic E-state index is 0.416. The van der Waals surface area contributed by atoms with Crippen LogP contribution in [0, 0.1) is 13.8 Å². The highest BCUT2D eigenvalue weighted by molar-refractivity contribution is 5.77. The van der Waals surface area contributed by atoms with Gasteiger partial charge in [-0.05, 0) is 31.0 Å². The Kier molecular flexibility index (Phi) is 2.80. The van der Waals surface area contributed by atoms with Gasteiger partial charge < -0.3 is 15.5 Å². The van der Waals surface area contributed by atoms with E-state index in [4.69, 9.17) is 5.73 Å². The summed E-state index contributed by atoms with van der Waals surface area (Å²) in [4.78, 5) is 4.64. The molecule has 16 heavy (non-hydrogen) atoms. The molecule has 0 fully saturated rings.